The zero-order valence-electron chi connectivity index (χ0n) is 15.0. The molecule has 0 aliphatic carbocycles. The molecule has 28 heavy (non-hydrogen) atoms. The van der Waals surface area contributed by atoms with Gasteiger partial charge in [0.15, 0.2) is 0 Å². The van der Waals surface area contributed by atoms with Crippen LogP contribution in [0.2, 0.25) is 0 Å². The van der Waals surface area contributed by atoms with Crippen molar-refractivity contribution >= 4 is 21.4 Å². The highest BCUT2D eigenvalue weighted by atomic mass is 32.1. The lowest BCUT2D eigenvalue weighted by Crippen LogP contribution is -1.84. The van der Waals surface area contributed by atoms with Gasteiger partial charge >= 0.3 is 0 Å². The minimum atomic E-state index is -0.216. The van der Waals surface area contributed by atoms with Crippen LogP contribution >= 0.6 is 11.3 Å². The Morgan fingerprint density at radius 2 is 1.39 bits per heavy atom. The molecule has 3 aromatic carbocycles. The van der Waals surface area contributed by atoms with E-state index in [0.29, 0.717) is 0 Å². The minimum Gasteiger partial charge on any atom is -0.255 e. The van der Waals surface area contributed by atoms with Crippen molar-refractivity contribution < 1.29 is 4.39 Å². The van der Waals surface area contributed by atoms with E-state index in [2.05, 4.69) is 65.6 Å². The fraction of sp³-hybridized carbons (Fsp3) is 0. The fourth-order valence-corrected chi connectivity index (χ4v) is 4.37. The molecule has 0 amide bonds. The smallest absolute Gasteiger partial charge is 0.123 e. The van der Waals surface area contributed by atoms with Gasteiger partial charge in [-0.3, -0.25) is 4.98 Å². The van der Waals surface area contributed by atoms with Gasteiger partial charge in [0.2, 0.25) is 0 Å². The lowest BCUT2D eigenvalue weighted by molar-refractivity contribution is 0.628. The van der Waals surface area contributed by atoms with E-state index in [4.69, 9.17) is 0 Å². The summed E-state index contributed by atoms with van der Waals surface area (Å²) in [6.45, 7) is 0. The second-order valence-electron chi connectivity index (χ2n) is 6.67. The maximum Gasteiger partial charge on any atom is 0.123 e. The van der Waals surface area contributed by atoms with E-state index in [1.165, 1.54) is 23.3 Å². The summed E-state index contributed by atoms with van der Waals surface area (Å²) >= 11 is 1.68. The number of nitrogens with zero attached hydrogens (tertiary/aromatic N) is 1. The van der Waals surface area contributed by atoms with Gasteiger partial charge in [0, 0.05) is 16.6 Å². The predicted molar refractivity (Wildman–Crippen MR) is 116 cm³/mol. The maximum absolute atomic E-state index is 13.2. The van der Waals surface area contributed by atoms with Crippen molar-refractivity contribution in [1.29, 1.82) is 0 Å². The second-order valence-corrected chi connectivity index (χ2v) is 7.76. The molecule has 0 atom stereocenters. The molecule has 0 radical (unpaired) electrons. The Balaban J connectivity index is 1.54. The van der Waals surface area contributed by atoms with Crippen LogP contribution in [-0.2, 0) is 0 Å². The van der Waals surface area contributed by atoms with Crippen LogP contribution < -0.4 is 0 Å². The van der Waals surface area contributed by atoms with Crippen molar-refractivity contribution in [3.8, 4) is 32.8 Å². The molecule has 0 bridgehead atoms. The molecule has 0 aliphatic heterocycles. The number of pyridine rings is 1. The first-order valence-electron chi connectivity index (χ1n) is 9.08. The number of thiophene rings is 1. The number of benzene rings is 3. The minimum absolute atomic E-state index is 0.216. The van der Waals surface area contributed by atoms with E-state index in [1.807, 2.05) is 24.4 Å². The summed E-state index contributed by atoms with van der Waals surface area (Å²) in [7, 11) is 0. The van der Waals surface area contributed by atoms with Crippen LogP contribution in [0, 0.1) is 5.82 Å². The van der Waals surface area contributed by atoms with Crippen molar-refractivity contribution in [1.82, 2.24) is 4.98 Å². The standard InChI is InChI=1S/C25H16FNS/c26-22-11-9-18(10-12-22)24-15-21-14-23(27-16-25(21)28-24)20-8-4-7-19(13-20)17-5-2-1-3-6-17/h1-16H. The molecular weight excluding hydrogens is 365 g/mol. The van der Waals surface area contributed by atoms with Gasteiger partial charge in [0.25, 0.3) is 0 Å². The summed E-state index contributed by atoms with van der Waals surface area (Å²) in [5, 5.41) is 1.15. The predicted octanol–water partition coefficient (Wildman–Crippen LogP) is 7.44. The molecule has 0 N–H and O–H groups in total. The summed E-state index contributed by atoms with van der Waals surface area (Å²) in [6.07, 6.45) is 1.93. The van der Waals surface area contributed by atoms with Crippen LogP contribution in [0.15, 0.2) is 97.2 Å². The summed E-state index contributed by atoms with van der Waals surface area (Å²) in [6, 6.07) is 29.7. The van der Waals surface area contributed by atoms with Crippen LogP contribution in [0.25, 0.3) is 42.9 Å². The monoisotopic (exact) mass is 381 g/mol. The molecular formula is C25H16FNS. The van der Waals surface area contributed by atoms with Crippen molar-refractivity contribution in [2.75, 3.05) is 0 Å². The quantitative estimate of drug-likeness (QED) is 0.316. The molecule has 0 spiro atoms. The van der Waals surface area contributed by atoms with Crippen LogP contribution in [0.5, 0.6) is 0 Å². The average molecular weight is 381 g/mol. The van der Waals surface area contributed by atoms with Crippen LogP contribution in [0.1, 0.15) is 0 Å². The average Bonchev–Trinajstić information content (AvgIpc) is 3.18. The highest BCUT2D eigenvalue weighted by Crippen LogP contribution is 2.35. The van der Waals surface area contributed by atoms with Crippen LogP contribution in [0.3, 0.4) is 0 Å². The zero-order chi connectivity index (χ0) is 18.9. The fourth-order valence-electron chi connectivity index (χ4n) is 3.35. The molecule has 3 heteroatoms. The Bertz CT molecular complexity index is 1260. The SMILES string of the molecule is Fc1ccc(-c2cc3cc(-c4cccc(-c5ccccc5)c4)ncc3s2)cc1. The third-order valence-corrected chi connectivity index (χ3v) is 5.93. The van der Waals surface area contributed by atoms with Gasteiger partial charge in [-0.1, -0.05) is 60.7 Å². The summed E-state index contributed by atoms with van der Waals surface area (Å²) in [5.41, 5.74) is 5.44. The number of aromatic nitrogens is 1. The zero-order valence-corrected chi connectivity index (χ0v) is 15.8. The lowest BCUT2D eigenvalue weighted by atomic mass is 10.0. The third kappa shape index (κ3) is 3.21. The number of halogens is 1. The first kappa shape index (κ1) is 16.8. The van der Waals surface area contributed by atoms with Gasteiger partial charge in [-0.25, -0.2) is 4.39 Å². The molecule has 5 rings (SSSR count). The Labute approximate surface area is 166 Å². The Morgan fingerprint density at radius 1 is 0.643 bits per heavy atom. The lowest BCUT2D eigenvalue weighted by Gasteiger charge is -2.05. The maximum atomic E-state index is 13.2. The molecule has 2 heterocycles. The van der Waals surface area contributed by atoms with Gasteiger partial charge in [0.05, 0.1) is 10.4 Å². The van der Waals surface area contributed by atoms with E-state index in [-0.39, 0.29) is 5.82 Å². The molecule has 0 unspecified atom stereocenters. The normalized spacial score (nSPS) is 11.0. The van der Waals surface area contributed by atoms with E-state index in [9.17, 15) is 4.39 Å². The molecule has 0 saturated heterocycles. The number of rotatable bonds is 3. The summed E-state index contributed by atoms with van der Waals surface area (Å²) in [4.78, 5) is 5.80. The molecule has 0 fully saturated rings. The molecule has 134 valence electrons. The van der Waals surface area contributed by atoms with Crippen molar-refractivity contribution in [3.05, 3.63) is 103 Å². The van der Waals surface area contributed by atoms with Crippen LogP contribution in [0.4, 0.5) is 4.39 Å². The Kier molecular flexibility index (Phi) is 4.22. The van der Waals surface area contributed by atoms with Crippen molar-refractivity contribution in [2.24, 2.45) is 0 Å². The van der Waals surface area contributed by atoms with E-state index in [1.54, 1.807) is 11.3 Å². The largest absolute Gasteiger partial charge is 0.255 e. The topological polar surface area (TPSA) is 12.9 Å². The number of hydrogen-bond donors (Lipinski definition) is 0. The number of fused-ring (bicyclic) bond motifs is 1. The highest BCUT2D eigenvalue weighted by Gasteiger charge is 2.08. The van der Waals surface area contributed by atoms with Crippen LogP contribution in [-0.4, -0.2) is 4.98 Å². The van der Waals surface area contributed by atoms with E-state index in [0.717, 1.165) is 31.8 Å². The first-order valence-corrected chi connectivity index (χ1v) is 9.89. The van der Waals surface area contributed by atoms with Gasteiger partial charge in [0.1, 0.15) is 5.82 Å². The molecule has 1 nitrogen and oxygen atoms in total. The van der Waals surface area contributed by atoms with E-state index >= 15 is 0 Å². The van der Waals surface area contributed by atoms with E-state index < -0.39 is 0 Å². The highest BCUT2D eigenvalue weighted by molar-refractivity contribution is 7.22. The molecule has 0 saturated carbocycles. The summed E-state index contributed by atoms with van der Waals surface area (Å²) in [5.74, 6) is -0.216. The van der Waals surface area contributed by atoms with Gasteiger partial charge in [-0.05, 0) is 52.4 Å². The van der Waals surface area contributed by atoms with Gasteiger partial charge in [-0.2, -0.15) is 0 Å². The Morgan fingerprint density at radius 3 is 2.21 bits per heavy atom. The number of hydrogen-bond acceptors (Lipinski definition) is 2. The van der Waals surface area contributed by atoms with Crippen molar-refractivity contribution in [3.63, 3.8) is 0 Å². The molecule has 5 aromatic rings. The first-order chi connectivity index (χ1) is 13.8. The van der Waals surface area contributed by atoms with Crippen molar-refractivity contribution in [2.45, 2.75) is 0 Å². The third-order valence-electron chi connectivity index (χ3n) is 4.80. The Hall–Kier alpha value is -3.30. The second kappa shape index (κ2) is 7.02. The molecule has 0 aliphatic rings. The summed E-state index contributed by atoms with van der Waals surface area (Å²) < 4.78 is 14.3. The van der Waals surface area contributed by atoms with Gasteiger partial charge in [-0.15, -0.1) is 11.3 Å². The van der Waals surface area contributed by atoms with Gasteiger partial charge < -0.3 is 0 Å². The molecule has 2 aromatic heterocycles.